The summed E-state index contributed by atoms with van der Waals surface area (Å²) in [6.07, 6.45) is 0.677. The minimum Gasteiger partial charge on any atom is -0.480 e. The second-order valence-electron chi connectivity index (χ2n) is 3.29. The van der Waals surface area contributed by atoms with Gasteiger partial charge in [0.2, 0.25) is 0 Å². The first-order chi connectivity index (χ1) is 6.70. The Bertz CT molecular complexity index is 378. The molecular formula is C10H10FNO2. The van der Waals surface area contributed by atoms with Gasteiger partial charge in [-0.1, -0.05) is 12.1 Å². The highest BCUT2D eigenvalue weighted by Gasteiger charge is 2.28. The average molecular weight is 195 g/mol. The Balaban J connectivity index is 2.52. The largest absolute Gasteiger partial charge is 0.480 e. The number of aliphatic carboxylic acids is 1. The van der Waals surface area contributed by atoms with Crippen LogP contribution >= 0.6 is 0 Å². The number of hydrogen-bond donors (Lipinski definition) is 2. The summed E-state index contributed by atoms with van der Waals surface area (Å²) in [6, 6.07) is 3.77. The van der Waals surface area contributed by atoms with Gasteiger partial charge in [-0.25, -0.2) is 4.39 Å². The summed E-state index contributed by atoms with van der Waals surface area (Å²) in [6.45, 7) is 0.577. The molecule has 0 aliphatic carbocycles. The number of rotatable bonds is 1. The average Bonchev–Trinajstić information content (AvgIpc) is 2.17. The maximum absolute atomic E-state index is 13.4. The van der Waals surface area contributed by atoms with Gasteiger partial charge in [0.15, 0.2) is 0 Å². The Kier molecular flexibility index (Phi) is 2.21. The van der Waals surface area contributed by atoms with Gasteiger partial charge >= 0.3 is 5.97 Å². The quantitative estimate of drug-likeness (QED) is 0.705. The van der Waals surface area contributed by atoms with Crippen molar-refractivity contribution in [2.75, 3.05) is 6.54 Å². The Hall–Kier alpha value is -1.42. The van der Waals surface area contributed by atoms with Gasteiger partial charge in [0.1, 0.15) is 11.9 Å². The van der Waals surface area contributed by atoms with Gasteiger partial charge in [-0.15, -0.1) is 0 Å². The fourth-order valence-electron chi connectivity index (χ4n) is 1.79. The molecule has 0 aromatic heterocycles. The highest BCUT2D eigenvalue weighted by molar-refractivity contribution is 5.76. The van der Waals surface area contributed by atoms with Crippen molar-refractivity contribution in [3.63, 3.8) is 0 Å². The predicted octanol–water partition coefficient (Wildman–Crippen LogP) is 1.10. The van der Waals surface area contributed by atoms with Crippen LogP contribution in [-0.4, -0.2) is 17.6 Å². The van der Waals surface area contributed by atoms with Crippen molar-refractivity contribution in [1.29, 1.82) is 0 Å². The first-order valence-corrected chi connectivity index (χ1v) is 4.43. The highest BCUT2D eigenvalue weighted by atomic mass is 19.1. The molecule has 1 atom stereocenters. The van der Waals surface area contributed by atoms with Gasteiger partial charge in [0.05, 0.1) is 0 Å². The topological polar surface area (TPSA) is 49.3 Å². The summed E-state index contributed by atoms with van der Waals surface area (Å²) in [7, 11) is 0. The predicted molar refractivity (Wildman–Crippen MR) is 48.5 cm³/mol. The molecule has 1 aromatic rings. The van der Waals surface area contributed by atoms with E-state index in [0.717, 1.165) is 5.56 Å². The standard InChI is InChI=1S/C10H10FNO2/c11-7-3-1-2-6-4-5-12-9(8(6)7)10(13)14/h1-3,9,12H,4-5H2,(H,13,14)/t9-/m1/s1. The van der Waals surface area contributed by atoms with Crippen LogP contribution in [-0.2, 0) is 11.2 Å². The van der Waals surface area contributed by atoms with Crippen molar-refractivity contribution in [3.8, 4) is 0 Å². The van der Waals surface area contributed by atoms with Gasteiger partial charge in [-0.05, 0) is 18.1 Å². The molecule has 2 rings (SSSR count). The van der Waals surface area contributed by atoms with Crippen molar-refractivity contribution in [2.24, 2.45) is 0 Å². The zero-order valence-corrected chi connectivity index (χ0v) is 7.46. The van der Waals surface area contributed by atoms with Crippen molar-refractivity contribution in [1.82, 2.24) is 5.32 Å². The van der Waals surface area contributed by atoms with E-state index in [1.54, 1.807) is 12.1 Å². The third-order valence-corrected chi connectivity index (χ3v) is 2.42. The summed E-state index contributed by atoms with van der Waals surface area (Å²) in [5, 5.41) is 11.7. The van der Waals surface area contributed by atoms with Gasteiger partial charge in [0, 0.05) is 12.1 Å². The van der Waals surface area contributed by atoms with E-state index in [-0.39, 0.29) is 5.56 Å². The van der Waals surface area contributed by atoms with Crippen LogP contribution in [0.2, 0.25) is 0 Å². The number of carboxylic acids is 1. The molecule has 0 radical (unpaired) electrons. The third kappa shape index (κ3) is 1.37. The molecule has 3 nitrogen and oxygen atoms in total. The van der Waals surface area contributed by atoms with E-state index in [1.165, 1.54) is 6.07 Å². The van der Waals surface area contributed by atoms with Crippen LogP contribution < -0.4 is 5.32 Å². The summed E-state index contributed by atoms with van der Waals surface area (Å²) >= 11 is 0. The van der Waals surface area contributed by atoms with Crippen molar-refractivity contribution >= 4 is 5.97 Å². The Morgan fingerprint density at radius 2 is 2.36 bits per heavy atom. The summed E-state index contributed by atoms with van der Waals surface area (Å²) in [5.74, 6) is -1.47. The van der Waals surface area contributed by atoms with E-state index in [2.05, 4.69) is 5.32 Å². The second kappa shape index (κ2) is 3.38. The Morgan fingerprint density at radius 3 is 3.07 bits per heavy atom. The molecule has 0 spiro atoms. The molecular weight excluding hydrogens is 185 g/mol. The van der Waals surface area contributed by atoms with Crippen LogP contribution in [0.3, 0.4) is 0 Å². The lowest BCUT2D eigenvalue weighted by Gasteiger charge is -2.23. The second-order valence-corrected chi connectivity index (χ2v) is 3.29. The lowest BCUT2D eigenvalue weighted by molar-refractivity contribution is -0.139. The molecule has 1 heterocycles. The Labute approximate surface area is 80.6 Å². The molecule has 0 unspecified atom stereocenters. The number of carboxylic acid groups (broad SMARTS) is 1. The van der Waals surface area contributed by atoms with Crippen LogP contribution in [0.15, 0.2) is 18.2 Å². The maximum Gasteiger partial charge on any atom is 0.325 e. The summed E-state index contributed by atoms with van der Waals surface area (Å²) < 4.78 is 13.4. The van der Waals surface area contributed by atoms with E-state index in [9.17, 15) is 9.18 Å². The van der Waals surface area contributed by atoms with Crippen LogP contribution in [0.5, 0.6) is 0 Å². The van der Waals surface area contributed by atoms with Gasteiger partial charge < -0.3 is 10.4 Å². The van der Waals surface area contributed by atoms with E-state index < -0.39 is 17.8 Å². The molecule has 1 aromatic carbocycles. The van der Waals surface area contributed by atoms with E-state index in [0.29, 0.717) is 13.0 Å². The zero-order chi connectivity index (χ0) is 10.1. The van der Waals surface area contributed by atoms with Crippen molar-refractivity contribution in [3.05, 3.63) is 35.1 Å². The normalized spacial score (nSPS) is 20.2. The minimum atomic E-state index is -1.03. The lowest BCUT2D eigenvalue weighted by Crippen LogP contribution is -2.35. The monoisotopic (exact) mass is 195 g/mol. The smallest absolute Gasteiger partial charge is 0.325 e. The van der Waals surface area contributed by atoms with Gasteiger partial charge in [0.25, 0.3) is 0 Å². The summed E-state index contributed by atoms with van der Waals surface area (Å²) in [5.41, 5.74) is 1.07. The van der Waals surface area contributed by atoms with Crippen molar-refractivity contribution in [2.45, 2.75) is 12.5 Å². The van der Waals surface area contributed by atoms with Crippen LogP contribution in [0.25, 0.3) is 0 Å². The van der Waals surface area contributed by atoms with Crippen LogP contribution in [0.1, 0.15) is 17.2 Å². The number of benzene rings is 1. The van der Waals surface area contributed by atoms with Gasteiger partial charge in [-0.2, -0.15) is 0 Å². The number of fused-ring (bicyclic) bond motifs is 1. The summed E-state index contributed by atoms with van der Waals surface area (Å²) in [4.78, 5) is 10.8. The SMILES string of the molecule is O=C(O)[C@@H]1NCCc2cccc(F)c21. The molecule has 1 aliphatic rings. The number of halogens is 1. The maximum atomic E-state index is 13.4. The van der Waals surface area contributed by atoms with Crippen molar-refractivity contribution < 1.29 is 14.3 Å². The molecule has 0 amide bonds. The molecule has 4 heteroatoms. The molecule has 74 valence electrons. The zero-order valence-electron chi connectivity index (χ0n) is 7.46. The fourth-order valence-corrected chi connectivity index (χ4v) is 1.79. The third-order valence-electron chi connectivity index (χ3n) is 2.42. The molecule has 1 aliphatic heterocycles. The first kappa shape index (κ1) is 9.15. The first-order valence-electron chi connectivity index (χ1n) is 4.43. The number of nitrogens with one attached hydrogen (secondary N) is 1. The molecule has 0 saturated carbocycles. The van der Waals surface area contributed by atoms with E-state index in [1.807, 2.05) is 0 Å². The van der Waals surface area contributed by atoms with E-state index in [4.69, 9.17) is 5.11 Å². The number of hydrogen-bond acceptors (Lipinski definition) is 2. The van der Waals surface area contributed by atoms with Crippen LogP contribution in [0.4, 0.5) is 4.39 Å². The molecule has 0 fully saturated rings. The van der Waals surface area contributed by atoms with Gasteiger partial charge in [-0.3, -0.25) is 4.79 Å². The van der Waals surface area contributed by atoms with Crippen LogP contribution in [0, 0.1) is 5.82 Å². The molecule has 2 N–H and O–H groups in total. The number of carbonyl (C=O) groups is 1. The highest BCUT2D eigenvalue weighted by Crippen LogP contribution is 2.25. The molecule has 14 heavy (non-hydrogen) atoms. The minimum absolute atomic E-state index is 0.284. The lowest BCUT2D eigenvalue weighted by atomic mass is 9.94. The fraction of sp³-hybridized carbons (Fsp3) is 0.300. The van der Waals surface area contributed by atoms with E-state index >= 15 is 0 Å². The Morgan fingerprint density at radius 1 is 1.57 bits per heavy atom. The molecule has 0 saturated heterocycles. The molecule has 0 bridgehead atoms.